The number of ether oxygens (including phenoxy) is 1. The van der Waals surface area contributed by atoms with Gasteiger partial charge in [0.05, 0.1) is 41.1 Å². The summed E-state index contributed by atoms with van der Waals surface area (Å²) in [6, 6.07) is 7.74. The number of carbonyl (C=O) groups is 2. The lowest BCUT2D eigenvalue weighted by Gasteiger charge is -2.26. The molecule has 170 valence electrons. The van der Waals surface area contributed by atoms with Gasteiger partial charge >= 0.3 is 6.09 Å². The number of benzene rings is 1. The highest BCUT2D eigenvalue weighted by molar-refractivity contribution is 7.91. The van der Waals surface area contributed by atoms with Gasteiger partial charge in [-0.15, -0.1) is 0 Å². The van der Waals surface area contributed by atoms with Gasteiger partial charge < -0.3 is 15.2 Å². The number of carboxylic acid groups (broad SMARTS) is 1. The van der Waals surface area contributed by atoms with E-state index in [1.807, 2.05) is 0 Å². The predicted molar refractivity (Wildman–Crippen MR) is 115 cm³/mol. The van der Waals surface area contributed by atoms with Crippen LogP contribution in [0.25, 0.3) is 0 Å². The standard InChI is InChI=1S/C22H25N3O6S/c1-2-32(29,30)18-5-3-14(4-6-18)10-24-21(26)16-9-17-12-25(22(27)28)20(19(17)23-11-16)15-7-8-31-13-15/h3-6,9,11,15,20H,2,7-8,10,12-13H2,1H3,(H,24,26)(H,27,28). The summed E-state index contributed by atoms with van der Waals surface area (Å²) >= 11 is 0. The molecule has 0 spiro atoms. The Hall–Kier alpha value is -2.98. The molecule has 1 aromatic heterocycles. The molecule has 2 unspecified atom stereocenters. The average Bonchev–Trinajstić information content (AvgIpc) is 3.44. The summed E-state index contributed by atoms with van der Waals surface area (Å²) in [4.78, 5) is 30.5. The van der Waals surface area contributed by atoms with Gasteiger partial charge in [0, 0.05) is 25.3 Å². The zero-order valence-electron chi connectivity index (χ0n) is 17.7. The maximum atomic E-state index is 12.6. The second-order valence-electron chi connectivity index (χ2n) is 7.98. The Morgan fingerprint density at radius 1 is 1.28 bits per heavy atom. The van der Waals surface area contributed by atoms with Crippen molar-refractivity contribution in [3.05, 3.63) is 58.9 Å². The van der Waals surface area contributed by atoms with E-state index >= 15 is 0 Å². The number of pyridine rings is 1. The van der Waals surface area contributed by atoms with E-state index < -0.39 is 15.9 Å². The molecule has 1 fully saturated rings. The van der Waals surface area contributed by atoms with Crippen molar-refractivity contribution < 1.29 is 27.9 Å². The Kier molecular flexibility index (Phi) is 6.16. The van der Waals surface area contributed by atoms with Gasteiger partial charge in [-0.2, -0.15) is 0 Å². The molecule has 9 nitrogen and oxygen atoms in total. The van der Waals surface area contributed by atoms with Crippen LogP contribution in [0, 0.1) is 5.92 Å². The smallest absolute Gasteiger partial charge is 0.408 e. The van der Waals surface area contributed by atoms with Gasteiger partial charge in [-0.25, -0.2) is 13.2 Å². The third-order valence-electron chi connectivity index (χ3n) is 5.99. The molecule has 1 aromatic carbocycles. The summed E-state index contributed by atoms with van der Waals surface area (Å²) in [6.07, 6.45) is 1.23. The molecule has 2 aliphatic heterocycles. The van der Waals surface area contributed by atoms with Crippen LogP contribution in [0.1, 0.15) is 46.6 Å². The van der Waals surface area contributed by atoms with Crippen molar-refractivity contribution in [2.75, 3.05) is 19.0 Å². The number of hydrogen-bond acceptors (Lipinski definition) is 6. The highest BCUT2D eigenvalue weighted by Crippen LogP contribution is 2.40. The lowest BCUT2D eigenvalue weighted by molar-refractivity contribution is 0.0949. The summed E-state index contributed by atoms with van der Waals surface area (Å²) < 4.78 is 29.2. The first-order valence-corrected chi connectivity index (χ1v) is 12.1. The molecule has 2 atom stereocenters. The molecule has 1 saturated heterocycles. The normalized spacial score (nSPS) is 20.2. The highest BCUT2D eigenvalue weighted by atomic mass is 32.2. The second-order valence-corrected chi connectivity index (χ2v) is 10.3. The van der Waals surface area contributed by atoms with E-state index in [0.29, 0.717) is 24.5 Å². The van der Waals surface area contributed by atoms with Crippen molar-refractivity contribution >= 4 is 21.8 Å². The van der Waals surface area contributed by atoms with Crippen molar-refractivity contribution in [1.82, 2.24) is 15.2 Å². The molecule has 0 aliphatic carbocycles. The van der Waals surface area contributed by atoms with Crippen molar-refractivity contribution in [3.63, 3.8) is 0 Å². The minimum Gasteiger partial charge on any atom is -0.465 e. The van der Waals surface area contributed by atoms with Crippen molar-refractivity contribution in [1.29, 1.82) is 0 Å². The van der Waals surface area contributed by atoms with E-state index in [4.69, 9.17) is 4.74 Å². The number of nitrogens with zero attached hydrogens (tertiary/aromatic N) is 2. The van der Waals surface area contributed by atoms with Gasteiger partial charge in [0.25, 0.3) is 5.91 Å². The summed E-state index contributed by atoms with van der Waals surface area (Å²) in [5.74, 6) is -0.249. The largest absolute Gasteiger partial charge is 0.465 e. The number of nitrogens with one attached hydrogen (secondary N) is 1. The minimum absolute atomic E-state index is 0.0301. The molecular weight excluding hydrogens is 434 g/mol. The lowest BCUT2D eigenvalue weighted by atomic mass is 9.95. The number of aromatic nitrogens is 1. The molecule has 2 N–H and O–H groups in total. The SMILES string of the molecule is CCS(=O)(=O)c1ccc(CNC(=O)c2cnc3c(c2)CN(C(=O)O)C3C2CCOC2)cc1. The molecule has 0 radical (unpaired) electrons. The summed E-state index contributed by atoms with van der Waals surface area (Å²) in [7, 11) is -3.27. The zero-order valence-corrected chi connectivity index (χ0v) is 18.5. The fourth-order valence-corrected chi connectivity index (χ4v) is 5.08. The average molecular weight is 460 g/mol. The molecular formula is C22H25N3O6S. The fraction of sp³-hybridized carbons (Fsp3) is 0.409. The van der Waals surface area contributed by atoms with Crippen LogP contribution >= 0.6 is 0 Å². The van der Waals surface area contributed by atoms with E-state index in [9.17, 15) is 23.1 Å². The minimum atomic E-state index is -3.27. The number of hydrogen-bond donors (Lipinski definition) is 2. The highest BCUT2D eigenvalue weighted by Gasteiger charge is 2.41. The van der Waals surface area contributed by atoms with Crippen molar-refractivity contribution in [2.45, 2.75) is 37.4 Å². The maximum Gasteiger partial charge on any atom is 0.408 e. The van der Waals surface area contributed by atoms with Crippen LogP contribution in [0.15, 0.2) is 41.4 Å². The van der Waals surface area contributed by atoms with Crippen LogP contribution < -0.4 is 5.32 Å². The molecule has 0 bridgehead atoms. The molecule has 32 heavy (non-hydrogen) atoms. The van der Waals surface area contributed by atoms with Gasteiger partial charge in [0.1, 0.15) is 0 Å². The molecule has 2 aromatic rings. The molecule has 2 amide bonds. The first kappa shape index (κ1) is 22.2. The predicted octanol–water partition coefficient (Wildman–Crippen LogP) is 2.38. The molecule has 10 heteroatoms. The van der Waals surface area contributed by atoms with E-state index in [0.717, 1.165) is 17.5 Å². The summed E-state index contributed by atoms with van der Waals surface area (Å²) in [5, 5.41) is 12.4. The molecule has 4 rings (SSSR count). The van der Waals surface area contributed by atoms with Gasteiger partial charge in [0.2, 0.25) is 0 Å². The molecule has 0 saturated carbocycles. The monoisotopic (exact) mass is 459 g/mol. The quantitative estimate of drug-likeness (QED) is 0.679. The van der Waals surface area contributed by atoms with Crippen LogP contribution in [0.5, 0.6) is 0 Å². The van der Waals surface area contributed by atoms with E-state index in [2.05, 4.69) is 10.3 Å². The lowest BCUT2D eigenvalue weighted by Crippen LogP contribution is -2.33. The molecule has 3 heterocycles. The first-order chi connectivity index (χ1) is 15.3. The molecule has 2 aliphatic rings. The topological polar surface area (TPSA) is 126 Å². The number of carbonyl (C=O) groups excluding carboxylic acids is 1. The second kappa shape index (κ2) is 8.87. The van der Waals surface area contributed by atoms with Crippen LogP contribution in [0.4, 0.5) is 4.79 Å². The Bertz CT molecular complexity index is 1130. The van der Waals surface area contributed by atoms with Crippen LogP contribution in [0.3, 0.4) is 0 Å². The third-order valence-corrected chi connectivity index (χ3v) is 7.74. The maximum absolute atomic E-state index is 12.6. The Morgan fingerprint density at radius 3 is 2.66 bits per heavy atom. The van der Waals surface area contributed by atoms with Crippen LogP contribution in [-0.4, -0.2) is 54.4 Å². The van der Waals surface area contributed by atoms with Crippen LogP contribution in [-0.2, 0) is 27.7 Å². The van der Waals surface area contributed by atoms with Crippen molar-refractivity contribution in [2.24, 2.45) is 5.92 Å². The number of fused-ring (bicyclic) bond motifs is 1. The first-order valence-electron chi connectivity index (χ1n) is 10.5. The summed E-state index contributed by atoms with van der Waals surface area (Å²) in [5.41, 5.74) is 2.53. The van der Waals surface area contributed by atoms with Gasteiger partial charge in [-0.3, -0.25) is 14.7 Å². The van der Waals surface area contributed by atoms with Crippen LogP contribution in [0.2, 0.25) is 0 Å². The number of amides is 2. The zero-order chi connectivity index (χ0) is 22.9. The van der Waals surface area contributed by atoms with Gasteiger partial charge in [-0.05, 0) is 35.7 Å². The number of rotatable bonds is 6. The third kappa shape index (κ3) is 4.33. The Balaban J connectivity index is 1.46. The summed E-state index contributed by atoms with van der Waals surface area (Å²) in [6.45, 7) is 3.11. The van der Waals surface area contributed by atoms with E-state index in [1.165, 1.54) is 23.2 Å². The number of sulfone groups is 1. The van der Waals surface area contributed by atoms with E-state index in [1.54, 1.807) is 25.1 Å². The fourth-order valence-electron chi connectivity index (χ4n) is 4.20. The van der Waals surface area contributed by atoms with Gasteiger partial charge in [0.15, 0.2) is 9.84 Å². The van der Waals surface area contributed by atoms with Gasteiger partial charge in [-0.1, -0.05) is 19.1 Å². The van der Waals surface area contributed by atoms with Crippen molar-refractivity contribution in [3.8, 4) is 0 Å². The Morgan fingerprint density at radius 2 is 2.03 bits per heavy atom. The Labute approximate surface area is 186 Å². The van der Waals surface area contributed by atoms with E-state index in [-0.39, 0.29) is 41.6 Å².